The zero-order chi connectivity index (χ0) is 23.0. The normalized spacial score (nSPS) is 18.9. The number of nitrogens with zero attached hydrogens (tertiary/aromatic N) is 5. The summed E-state index contributed by atoms with van der Waals surface area (Å²) in [4.78, 5) is 31.3. The summed E-state index contributed by atoms with van der Waals surface area (Å²) in [5, 5.41) is 4.48. The van der Waals surface area contributed by atoms with Crippen molar-refractivity contribution in [2.75, 3.05) is 36.0 Å². The fraction of sp³-hybridized carbons (Fsp3) is 0.440. The number of carbonyl (C=O) groups is 1. The molecule has 33 heavy (non-hydrogen) atoms. The van der Waals surface area contributed by atoms with Gasteiger partial charge in [-0.2, -0.15) is 0 Å². The first-order valence-electron chi connectivity index (χ1n) is 11.5. The van der Waals surface area contributed by atoms with E-state index in [1.165, 1.54) is 0 Å². The van der Waals surface area contributed by atoms with Crippen LogP contribution in [-0.4, -0.2) is 58.9 Å². The molecule has 0 spiro atoms. The van der Waals surface area contributed by atoms with Crippen molar-refractivity contribution in [1.29, 1.82) is 0 Å². The van der Waals surface area contributed by atoms with Gasteiger partial charge in [0.1, 0.15) is 11.4 Å². The van der Waals surface area contributed by atoms with E-state index in [0.29, 0.717) is 12.4 Å². The molecule has 8 heteroatoms. The van der Waals surface area contributed by atoms with E-state index >= 15 is 0 Å². The van der Waals surface area contributed by atoms with Crippen LogP contribution < -0.4 is 15.1 Å². The van der Waals surface area contributed by atoms with Crippen molar-refractivity contribution in [3.05, 3.63) is 54.5 Å². The Morgan fingerprint density at radius 2 is 1.91 bits per heavy atom. The lowest BCUT2D eigenvalue weighted by Gasteiger charge is -2.41. The summed E-state index contributed by atoms with van der Waals surface area (Å²) < 4.78 is 5.76. The molecule has 2 aliphatic heterocycles. The number of anilines is 2. The van der Waals surface area contributed by atoms with Gasteiger partial charge in [-0.1, -0.05) is 18.2 Å². The first-order chi connectivity index (χ1) is 15.9. The summed E-state index contributed by atoms with van der Waals surface area (Å²) in [5.74, 6) is 1.73. The SMILES string of the molecule is CC(C)(C)OC(=O)N(c1nccnc1C1CN(c2ccc3ccccc3n2)C1)C1CCNC1. The molecule has 1 N–H and O–H groups in total. The van der Waals surface area contributed by atoms with Crippen LogP contribution in [0.5, 0.6) is 0 Å². The van der Waals surface area contributed by atoms with Crippen molar-refractivity contribution in [3.8, 4) is 0 Å². The molecule has 0 bridgehead atoms. The number of carbonyl (C=O) groups excluding carboxylic acids is 1. The van der Waals surface area contributed by atoms with Gasteiger partial charge in [0.05, 0.1) is 17.3 Å². The first kappa shape index (κ1) is 21.6. The molecule has 5 rings (SSSR count). The monoisotopic (exact) mass is 446 g/mol. The second-order valence-corrected chi connectivity index (χ2v) is 9.73. The van der Waals surface area contributed by atoms with E-state index in [-0.39, 0.29) is 18.1 Å². The van der Waals surface area contributed by atoms with Gasteiger partial charge in [-0.15, -0.1) is 0 Å². The molecule has 2 aliphatic rings. The third-order valence-electron chi connectivity index (χ3n) is 6.10. The van der Waals surface area contributed by atoms with Gasteiger partial charge in [0.25, 0.3) is 0 Å². The maximum absolute atomic E-state index is 13.2. The number of fused-ring (bicyclic) bond motifs is 1. The Morgan fingerprint density at radius 3 is 2.67 bits per heavy atom. The molecule has 8 nitrogen and oxygen atoms in total. The Bertz CT molecular complexity index is 1150. The number of pyridine rings is 1. The number of nitrogens with one attached hydrogen (secondary N) is 1. The van der Waals surface area contributed by atoms with Crippen LogP contribution in [-0.2, 0) is 4.74 Å². The molecular formula is C25H30N6O2. The van der Waals surface area contributed by atoms with E-state index in [1.54, 1.807) is 17.3 Å². The number of rotatable bonds is 4. The minimum absolute atomic E-state index is 0.00589. The largest absolute Gasteiger partial charge is 0.443 e. The fourth-order valence-corrected chi connectivity index (χ4v) is 4.46. The highest BCUT2D eigenvalue weighted by molar-refractivity contribution is 5.88. The van der Waals surface area contributed by atoms with Gasteiger partial charge in [0.2, 0.25) is 0 Å². The Labute approximate surface area is 194 Å². The molecule has 0 aliphatic carbocycles. The number of aromatic nitrogens is 3. The summed E-state index contributed by atoms with van der Waals surface area (Å²) in [7, 11) is 0. The van der Waals surface area contributed by atoms with Crippen LogP contribution in [0.15, 0.2) is 48.8 Å². The average molecular weight is 447 g/mol. The van der Waals surface area contributed by atoms with Gasteiger partial charge in [0, 0.05) is 43.3 Å². The second kappa shape index (κ2) is 8.59. The van der Waals surface area contributed by atoms with E-state index in [0.717, 1.165) is 48.5 Å². The van der Waals surface area contributed by atoms with Gasteiger partial charge >= 0.3 is 6.09 Å². The van der Waals surface area contributed by atoms with Gasteiger partial charge < -0.3 is 15.0 Å². The van der Waals surface area contributed by atoms with E-state index in [9.17, 15) is 4.79 Å². The van der Waals surface area contributed by atoms with Gasteiger partial charge in [-0.05, 0) is 51.9 Å². The van der Waals surface area contributed by atoms with Crippen LogP contribution in [0.25, 0.3) is 10.9 Å². The zero-order valence-electron chi connectivity index (χ0n) is 19.4. The van der Waals surface area contributed by atoms with Crippen LogP contribution >= 0.6 is 0 Å². The molecule has 172 valence electrons. The van der Waals surface area contributed by atoms with Crippen LogP contribution in [0.2, 0.25) is 0 Å². The lowest BCUT2D eigenvalue weighted by molar-refractivity contribution is 0.0566. The maximum Gasteiger partial charge on any atom is 0.416 e. The summed E-state index contributed by atoms with van der Waals surface area (Å²) in [5.41, 5.74) is 1.24. The Hall–Kier alpha value is -3.26. The van der Waals surface area contributed by atoms with Crippen LogP contribution in [0, 0.1) is 0 Å². The summed E-state index contributed by atoms with van der Waals surface area (Å²) in [6, 6.07) is 12.3. The van der Waals surface area contributed by atoms with Crippen LogP contribution in [0.3, 0.4) is 0 Å². The molecule has 3 aromatic rings. The maximum atomic E-state index is 13.2. The smallest absolute Gasteiger partial charge is 0.416 e. The van der Waals surface area contributed by atoms with Crippen molar-refractivity contribution < 1.29 is 9.53 Å². The molecule has 1 amide bonds. The number of amides is 1. The summed E-state index contributed by atoms with van der Waals surface area (Å²) >= 11 is 0. The summed E-state index contributed by atoms with van der Waals surface area (Å²) in [6.07, 6.45) is 3.84. The fourth-order valence-electron chi connectivity index (χ4n) is 4.46. The highest BCUT2D eigenvalue weighted by atomic mass is 16.6. The molecule has 2 fully saturated rings. The predicted octanol–water partition coefficient (Wildman–Crippen LogP) is 3.73. The van der Waals surface area contributed by atoms with Gasteiger partial charge in [-0.25, -0.2) is 14.8 Å². The molecule has 2 aromatic heterocycles. The third-order valence-corrected chi connectivity index (χ3v) is 6.10. The Morgan fingerprint density at radius 1 is 1.12 bits per heavy atom. The van der Waals surface area contributed by atoms with Gasteiger partial charge in [0.15, 0.2) is 5.82 Å². The lowest BCUT2D eigenvalue weighted by Crippen LogP contribution is -2.49. The van der Waals surface area contributed by atoms with Crippen molar-refractivity contribution in [1.82, 2.24) is 20.3 Å². The van der Waals surface area contributed by atoms with Crippen LogP contribution in [0.4, 0.5) is 16.4 Å². The minimum Gasteiger partial charge on any atom is -0.443 e. The topological polar surface area (TPSA) is 83.5 Å². The molecule has 0 saturated carbocycles. The Kier molecular flexibility index (Phi) is 5.62. The number of ether oxygens (including phenoxy) is 1. The number of para-hydroxylation sites is 1. The number of hydrogen-bond donors (Lipinski definition) is 1. The van der Waals surface area contributed by atoms with Crippen molar-refractivity contribution in [2.24, 2.45) is 0 Å². The average Bonchev–Trinajstić information content (AvgIpc) is 3.27. The molecular weight excluding hydrogens is 416 g/mol. The molecule has 0 radical (unpaired) electrons. The third kappa shape index (κ3) is 4.48. The summed E-state index contributed by atoms with van der Waals surface area (Å²) in [6.45, 7) is 8.79. The predicted molar refractivity (Wildman–Crippen MR) is 129 cm³/mol. The first-order valence-corrected chi connectivity index (χ1v) is 11.5. The lowest BCUT2D eigenvalue weighted by atomic mass is 9.95. The van der Waals surface area contributed by atoms with E-state index in [1.807, 2.05) is 39.0 Å². The standard InChI is InChI=1S/C25H30N6O2/c1-25(2,3)33-24(32)31(19-10-11-26-14-19)23-22(27-12-13-28-23)18-15-30(16-18)21-9-8-17-6-4-5-7-20(17)29-21/h4-9,12-13,18-19,26H,10-11,14-16H2,1-3H3. The second-order valence-electron chi connectivity index (χ2n) is 9.73. The van der Waals surface area contributed by atoms with E-state index in [4.69, 9.17) is 9.72 Å². The van der Waals surface area contributed by atoms with E-state index in [2.05, 4.69) is 38.4 Å². The highest BCUT2D eigenvalue weighted by Gasteiger charge is 2.38. The molecule has 1 atom stereocenters. The van der Waals surface area contributed by atoms with Crippen LogP contribution in [0.1, 0.15) is 38.8 Å². The molecule has 1 unspecified atom stereocenters. The molecule has 4 heterocycles. The van der Waals surface area contributed by atoms with Crippen molar-refractivity contribution in [2.45, 2.75) is 44.8 Å². The number of hydrogen-bond acceptors (Lipinski definition) is 7. The zero-order valence-corrected chi connectivity index (χ0v) is 19.4. The molecule has 1 aromatic carbocycles. The quantitative estimate of drug-likeness (QED) is 0.654. The number of benzene rings is 1. The Balaban J connectivity index is 1.39. The van der Waals surface area contributed by atoms with E-state index < -0.39 is 5.60 Å². The highest BCUT2D eigenvalue weighted by Crippen LogP contribution is 2.35. The van der Waals surface area contributed by atoms with Gasteiger partial charge in [-0.3, -0.25) is 9.88 Å². The van der Waals surface area contributed by atoms with Crippen molar-refractivity contribution >= 4 is 28.6 Å². The molecule has 2 saturated heterocycles. The minimum atomic E-state index is -0.585. The van der Waals surface area contributed by atoms with Crippen molar-refractivity contribution in [3.63, 3.8) is 0 Å².